The number of carbonyl (C=O) groups excluding carboxylic acids is 4. The van der Waals surface area contributed by atoms with Gasteiger partial charge >= 0.3 is 5.97 Å². The fourth-order valence-corrected chi connectivity index (χ4v) is 3.99. The molecule has 2 aromatic carbocycles. The fourth-order valence-electron chi connectivity index (χ4n) is 2.71. The Hall–Kier alpha value is -2.99. The summed E-state index contributed by atoms with van der Waals surface area (Å²) in [6.07, 6.45) is 0. The van der Waals surface area contributed by atoms with Crippen molar-refractivity contribution in [2.24, 2.45) is 5.14 Å². The molecule has 0 unspecified atom stereocenters. The number of esters is 1. The van der Waals surface area contributed by atoms with Crippen LogP contribution in [0.5, 0.6) is 0 Å². The molecule has 3 amide bonds. The van der Waals surface area contributed by atoms with Crippen LogP contribution >= 0.6 is 23.2 Å². The third-order valence-electron chi connectivity index (χ3n) is 4.14. The third-order valence-corrected chi connectivity index (χ3v) is 5.63. The van der Waals surface area contributed by atoms with E-state index in [1.165, 1.54) is 12.1 Å². The molecule has 3 rings (SSSR count). The minimum atomic E-state index is -4.07. The van der Waals surface area contributed by atoms with Gasteiger partial charge in [-0.25, -0.2) is 13.6 Å². The molecule has 0 aliphatic carbocycles. The quantitative estimate of drug-likeness (QED) is 0.463. The second-order valence-electron chi connectivity index (χ2n) is 6.26. The molecular weight excluding hydrogens is 473 g/mol. The second kappa shape index (κ2) is 8.63. The summed E-state index contributed by atoms with van der Waals surface area (Å²) in [5, 5.41) is 6.86. The maximum Gasteiger partial charge on any atom is 0.326 e. The molecule has 13 heteroatoms. The average molecular weight is 486 g/mol. The van der Waals surface area contributed by atoms with Crippen LogP contribution in [0.3, 0.4) is 0 Å². The van der Waals surface area contributed by atoms with Gasteiger partial charge in [0.1, 0.15) is 6.54 Å². The lowest BCUT2D eigenvalue weighted by molar-refractivity contribution is -0.147. The van der Waals surface area contributed by atoms with Crippen LogP contribution in [0.15, 0.2) is 41.3 Å². The van der Waals surface area contributed by atoms with Crippen LogP contribution in [0.25, 0.3) is 0 Å². The number of imide groups is 1. The summed E-state index contributed by atoms with van der Waals surface area (Å²) >= 11 is 11.9. The number of benzene rings is 2. The Morgan fingerprint density at radius 1 is 1.03 bits per heavy atom. The minimum Gasteiger partial charge on any atom is -0.454 e. The van der Waals surface area contributed by atoms with E-state index in [2.05, 4.69) is 5.32 Å². The highest BCUT2D eigenvalue weighted by Gasteiger charge is 2.36. The Kier molecular flexibility index (Phi) is 6.32. The molecule has 1 heterocycles. The highest BCUT2D eigenvalue weighted by atomic mass is 35.5. The van der Waals surface area contributed by atoms with Crippen LogP contribution in [-0.4, -0.2) is 50.2 Å². The molecule has 31 heavy (non-hydrogen) atoms. The first-order valence-electron chi connectivity index (χ1n) is 8.41. The Labute approximate surface area is 185 Å². The number of carbonyl (C=O) groups is 4. The van der Waals surface area contributed by atoms with Gasteiger partial charge in [0.25, 0.3) is 17.7 Å². The lowest BCUT2D eigenvalue weighted by atomic mass is 10.1. The van der Waals surface area contributed by atoms with E-state index < -0.39 is 46.9 Å². The highest BCUT2D eigenvalue weighted by molar-refractivity contribution is 7.89. The number of rotatable bonds is 6. The van der Waals surface area contributed by atoms with Crippen molar-refractivity contribution in [3.05, 3.63) is 57.6 Å². The molecule has 1 aliphatic heterocycles. The molecule has 0 atom stereocenters. The Morgan fingerprint density at radius 3 is 2.03 bits per heavy atom. The van der Waals surface area contributed by atoms with Gasteiger partial charge in [-0.1, -0.05) is 35.3 Å². The number of primary sulfonamides is 1. The van der Waals surface area contributed by atoms with Gasteiger partial charge in [0.15, 0.2) is 6.61 Å². The van der Waals surface area contributed by atoms with Gasteiger partial charge < -0.3 is 10.1 Å². The molecule has 0 saturated heterocycles. The summed E-state index contributed by atoms with van der Waals surface area (Å²) in [5.74, 6) is -3.12. The number of amides is 3. The molecule has 1 aliphatic rings. The van der Waals surface area contributed by atoms with Crippen molar-refractivity contribution in [2.45, 2.75) is 4.90 Å². The largest absolute Gasteiger partial charge is 0.454 e. The number of hydrogen-bond donors (Lipinski definition) is 2. The molecule has 0 spiro atoms. The first kappa shape index (κ1) is 22.7. The molecule has 3 N–H and O–H groups in total. The minimum absolute atomic E-state index is 0.114. The molecule has 0 aromatic heterocycles. The predicted octanol–water partition coefficient (Wildman–Crippen LogP) is 1.42. The summed E-state index contributed by atoms with van der Waals surface area (Å²) in [6.45, 7) is -1.45. The van der Waals surface area contributed by atoms with E-state index in [0.717, 1.165) is 12.1 Å². The molecule has 162 valence electrons. The third kappa shape index (κ3) is 4.85. The smallest absolute Gasteiger partial charge is 0.326 e. The second-order valence-corrected chi connectivity index (χ2v) is 8.63. The number of hydrogen-bond acceptors (Lipinski definition) is 7. The van der Waals surface area contributed by atoms with E-state index in [0.29, 0.717) is 4.90 Å². The van der Waals surface area contributed by atoms with Crippen LogP contribution in [0.4, 0.5) is 5.69 Å². The lowest BCUT2D eigenvalue weighted by Gasteiger charge is -2.14. The molecular formula is C18H13Cl2N3O7S. The van der Waals surface area contributed by atoms with Crippen molar-refractivity contribution in [1.82, 2.24) is 4.90 Å². The number of nitrogens with two attached hydrogens (primary N) is 1. The first-order chi connectivity index (χ1) is 14.5. The topological polar surface area (TPSA) is 153 Å². The van der Waals surface area contributed by atoms with Crippen molar-refractivity contribution in [3.63, 3.8) is 0 Å². The zero-order valence-corrected chi connectivity index (χ0v) is 17.8. The van der Waals surface area contributed by atoms with E-state index in [9.17, 15) is 27.6 Å². The molecule has 2 aromatic rings. The van der Waals surface area contributed by atoms with Crippen LogP contribution in [0.2, 0.25) is 10.0 Å². The van der Waals surface area contributed by atoms with Gasteiger partial charge in [-0.2, -0.15) is 0 Å². The highest BCUT2D eigenvalue weighted by Crippen LogP contribution is 2.33. The number of sulfonamides is 1. The maximum atomic E-state index is 12.2. The summed E-state index contributed by atoms with van der Waals surface area (Å²) in [6, 6.07) is 8.08. The van der Waals surface area contributed by atoms with Gasteiger partial charge in [0.2, 0.25) is 10.0 Å². The monoisotopic (exact) mass is 485 g/mol. The predicted molar refractivity (Wildman–Crippen MR) is 109 cm³/mol. The zero-order chi connectivity index (χ0) is 22.9. The lowest BCUT2D eigenvalue weighted by Crippen LogP contribution is -2.36. The number of nitrogens with one attached hydrogen (secondary N) is 1. The van der Waals surface area contributed by atoms with Gasteiger partial charge in [0, 0.05) is 0 Å². The Balaban J connectivity index is 1.59. The first-order valence-corrected chi connectivity index (χ1v) is 10.7. The number of nitrogens with zero attached hydrogens (tertiary/aromatic N) is 1. The van der Waals surface area contributed by atoms with Gasteiger partial charge in [-0.15, -0.1) is 0 Å². The van der Waals surface area contributed by atoms with Crippen LogP contribution in [-0.2, 0) is 24.3 Å². The van der Waals surface area contributed by atoms with Crippen molar-refractivity contribution in [1.29, 1.82) is 0 Å². The van der Waals surface area contributed by atoms with Gasteiger partial charge in [0.05, 0.1) is 31.8 Å². The van der Waals surface area contributed by atoms with E-state index in [-0.39, 0.29) is 31.8 Å². The number of anilines is 1. The van der Waals surface area contributed by atoms with E-state index >= 15 is 0 Å². The normalized spacial score (nSPS) is 13.2. The molecule has 0 fully saturated rings. The summed E-state index contributed by atoms with van der Waals surface area (Å²) < 4.78 is 27.5. The van der Waals surface area contributed by atoms with Crippen molar-refractivity contribution < 1.29 is 32.3 Å². The van der Waals surface area contributed by atoms with Gasteiger partial charge in [-0.05, 0) is 24.3 Å². The summed E-state index contributed by atoms with van der Waals surface area (Å²) in [7, 11) is -4.07. The van der Waals surface area contributed by atoms with Crippen LogP contribution in [0.1, 0.15) is 20.7 Å². The number of halogens is 2. The van der Waals surface area contributed by atoms with E-state index in [4.69, 9.17) is 33.1 Å². The Bertz CT molecular complexity index is 1170. The number of fused-ring (bicyclic) bond motifs is 1. The van der Waals surface area contributed by atoms with E-state index in [1.54, 1.807) is 12.1 Å². The standard InChI is InChI=1S/C18H13Cl2N3O7S/c19-12-5-9(31(21,28)29)6-13(20)16(12)22-14(24)8-30-15(25)7-23-17(26)10-3-1-2-4-11(10)18(23)27/h1-6H,7-8H2,(H,22,24)(H2,21,28,29). The summed E-state index contributed by atoms with van der Waals surface area (Å²) in [5.41, 5.74) is 0.229. The maximum absolute atomic E-state index is 12.2. The zero-order valence-electron chi connectivity index (χ0n) is 15.4. The van der Waals surface area contributed by atoms with Crippen LogP contribution in [0, 0.1) is 0 Å². The molecule has 0 radical (unpaired) electrons. The van der Waals surface area contributed by atoms with Gasteiger partial charge in [-0.3, -0.25) is 24.1 Å². The molecule has 10 nitrogen and oxygen atoms in total. The Morgan fingerprint density at radius 2 is 1.55 bits per heavy atom. The fraction of sp³-hybridized carbons (Fsp3) is 0.111. The van der Waals surface area contributed by atoms with Crippen LogP contribution < -0.4 is 10.5 Å². The number of ether oxygens (including phenoxy) is 1. The average Bonchev–Trinajstić information content (AvgIpc) is 2.93. The molecule has 0 bridgehead atoms. The van der Waals surface area contributed by atoms with Crippen molar-refractivity contribution in [3.8, 4) is 0 Å². The van der Waals surface area contributed by atoms with E-state index in [1.807, 2.05) is 0 Å². The molecule has 0 saturated carbocycles. The SMILES string of the molecule is NS(=O)(=O)c1cc(Cl)c(NC(=O)COC(=O)CN2C(=O)c3ccccc3C2=O)c(Cl)c1. The van der Waals surface area contributed by atoms with Crippen molar-refractivity contribution in [2.75, 3.05) is 18.5 Å². The van der Waals surface area contributed by atoms with Crippen molar-refractivity contribution >= 4 is 62.6 Å². The summed E-state index contributed by atoms with van der Waals surface area (Å²) in [4.78, 5) is 48.9.